The highest BCUT2D eigenvalue weighted by Crippen LogP contribution is 2.30. The molecule has 0 aliphatic heterocycles. The summed E-state index contributed by atoms with van der Waals surface area (Å²) < 4.78 is 5.19. The SMILES string of the molecule is CNC1CCCC1CCSc1ncco1. The van der Waals surface area contributed by atoms with Crippen molar-refractivity contribution in [2.75, 3.05) is 12.8 Å². The van der Waals surface area contributed by atoms with Crippen molar-refractivity contribution in [3.8, 4) is 0 Å². The molecule has 2 unspecified atom stereocenters. The van der Waals surface area contributed by atoms with Gasteiger partial charge in [0, 0.05) is 11.8 Å². The fraction of sp³-hybridized carbons (Fsp3) is 0.727. The van der Waals surface area contributed by atoms with Crippen LogP contribution in [0.25, 0.3) is 0 Å². The largest absolute Gasteiger partial charge is 0.440 e. The van der Waals surface area contributed by atoms with Crippen LogP contribution < -0.4 is 5.32 Å². The van der Waals surface area contributed by atoms with E-state index in [1.54, 1.807) is 24.2 Å². The van der Waals surface area contributed by atoms with Gasteiger partial charge in [-0.05, 0) is 32.2 Å². The van der Waals surface area contributed by atoms with E-state index < -0.39 is 0 Å². The number of hydrogen-bond acceptors (Lipinski definition) is 4. The van der Waals surface area contributed by atoms with Crippen LogP contribution in [0.2, 0.25) is 0 Å². The van der Waals surface area contributed by atoms with Crippen molar-refractivity contribution in [1.82, 2.24) is 10.3 Å². The van der Waals surface area contributed by atoms with Crippen molar-refractivity contribution in [2.24, 2.45) is 5.92 Å². The first kappa shape index (κ1) is 11.0. The van der Waals surface area contributed by atoms with Crippen LogP contribution in [0.1, 0.15) is 25.7 Å². The summed E-state index contributed by atoms with van der Waals surface area (Å²) in [7, 11) is 2.07. The van der Waals surface area contributed by atoms with Crippen LogP contribution >= 0.6 is 11.8 Å². The van der Waals surface area contributed by atoms with E-state index in [1.165, 1.54) is 25.7 Å². The van der Waals surface area contributed by atoms with E-state index in [1.807, 2.05) is 0 Å². The van der Waals surface area contributed by atoms with Crippen LogP contribution in [0.5, 0.6) is 0 Å². The van der Waals surface area contributed by atoms with E-state index >= 15 is 0 Å². The third-order valence-corrected chi connectivity index (χ3v) is 4.04. The van der Waals surface area contributed by atoms with Crippen LogP contribution in [0, 0.1) is 5.92 Å². The zero-order valence-corrected chi connectivity index (χ0v) is 9.93. The van der Waals surface area contributed by atoms with E-state index in [-0.39, 0.29) is 0 Å². The topological polar surface area (TPSA) is 38.1 Å². The molecule has 1 fully saturated rings. The maximum absolute atomic E-state index is 5.19. The van der Waals surface area contributed by atoms with Gasteiger partial charge in [-0.15, -0.1) is 0 Å². The fourth-order valence-corrected chi connectivity index (χ4v) is 3.20. The van der Waals surface area contributed by atoms with Gasteiger partial charge in [0.1, 0.15) is 6.26 Å². The fourth-order valence-electron chi connectivity index (χ4n) is 2.34. The lowest BCUT2D eigenvalue weighted by Gasteiger charge is -2.17. The van der Waals surface area contributed by atoms with Gasteiger partial charge in [0.25, 0.3) is 5.22 Å². The Kier molecular flexibility index (Phi) is 4.09. The Morgan fingerprint density at radius 1 is 1.60 bits per heavy atom. The van der Waals surface area contributed by atoms with Crippen molar-refractivity contribution < 1.29 is 4.42 Å². The Bertz CT molecular complexity index is 276. The van der Waals surface area contributed by atoms with Gasteiger partial charge >= 0.3 is 0 Å². The molecule has 0 radical (unpaired) electrons. The van der Waals surface area contributed by atoms with Crippen LogP contribution in [0.4, 0.5) is 0 Å². The first-order chi connectivity index (χ1) is 7.40. The molecule has 1 aromatic heterocycles. The number of oxazole rings is 1. The maximum Gasteiger partial charge on any atom is 0.255 e. The zero-order chi connectivity index (χ0) is 10.5. The van der Waals surface area contributed by atoms with Gasteiger partial charge in [-0.1, -0.05) is 18.2 Å². The monoisotopic (exact) mass is 226 g/mol. The van der Waals surface area contributed by atoms with E-state index in [0.29, 0.717) is 0 Å². The minimum atomic E-state index is 0.732. The number of rotatable bonds is 5. The third kappa shape index (κ3) is 2.98. The molecule has 3 nitrogen and oxygen atoms in total. The normalized spacial score (nSPS) is 25.9. The lowest BCUT2D eigenvalue weighted by Crippen LogP contribution is -2.29. The summed E-state index contributed by atoms with van der Waals surface area (Å²) in [6, 6.07) is 0.732. The molecular formula is C11H18N2OS. The molecule has 2 rings (SSSR count). The van der Waals surface area contributed by atoms with E-state index in [4.69, 9.17) is 4.42 Å². The van der Waals surface area contributed by atoms with Crippen LogP contribution in [0.15, 0.2) is 22.1 Å². The molecule has 1 N–H and O–H groups in total. The lowest BCUT2D eigenvalue weighted by atomic mass is 10.0. The molecule has 0 spiro atoms. The molecule has 1 aliphatic rings. The smallest absolute Gasteiger partial charge is 0.255 e. The van der Waals surface area contributed by atoms with Crippen LogP contribution in [-0.2, 0) is 0 Å². The summed E-state index contributed by atoms with van der Waals surface area (Å²) in [5, 5.41) is 4.21. The summed E-state index contributed by atoms with van der Waals surface area (Å²) in [5.74, 6) is 1.96. The van der Waals surface area contributed by atoms with E-state index in [2.05, 4.69) is 17.3 Å². The molecule has 15 heavy (non-hydrogen) atoms. The van der Waals surface area contributed by atoms with Crippen molar-refractivity contribution in [3.05, 3.63) is 12.5 Å². The Morgan fingerprint density at radius 3 is 3.27 bits per heavy atom. The summed E-state index contributed by atoms with van der Waals surface area (Å²) >= 11 is 1.72. The number of nitrogens with one attached hydrogen (secondary N) is 1. The molecule has 0 aromatic carbocycles. The number of nitrogens with zero attached hydrogens (tertiary/aromatic N) is 1. The van der Waals surface area contributed by atoms with Gasteiger partial charge < -0.3 is 9.73 Å². The molecule has 0 saturated heterocycles. The predicted molar refractivity (Wildman–Crippen MR) is 62.0 cm³/mol. The second-order valence-electron chi connectivity index (χ2n) is 4.02. The number of thioether (sulfide) groups is 1. The second kappa shape index (κ2) is 5.56. The van der Waals surface area contributed by atoms with Gasteiger partial charge in [-0.3, -0.25) is 0 Å². The Morgan fingerprint density at radius 2 is 2.53 bits per heavy atom. The van der Waals surface area contributed by atoms with Crippen molar-refractivity contribution in [1.29, 1.82) is 0 Å². The molecule has 4 heteroatoms. The lowest BCUT2D eigenvalue weighted by molar-refractivity contribution is 0.415. The molecule has 1 saturated carbocycles. The molecule has 0 bridgehead atoms. The van der Waals surface area contributed by atoms with Crippen molar-refractivity contribution >= 4 is 11.8 Å². The maximum atomic E-state index is 5.19. The highest BCUT2D eigenvalue weighted by molar-refractivity contribution is 7.99. The van der Waals surface area contributed by atoms with Gasteiger partial charge in [-0.25, -0.2) is 4.98 Å². The molecule has 0 amide bonds. The summed E-state index contributed by atoms with van der Waals surface area (Å²) in [4.78, 5) is 4.10. The predicted octanol–water partition coefficient (Wildman–Crippen LogP) is 2.54. The Hall–Kier alpha value is -0.480. The number of aromatic nitrogens is 1. The molecular weight excluding hydrogens is 208 g/mol. The minimum absolute atomic E-state index is 0.732. The zero-order valence-electron chi connectivity index (χ0n) is 9.11. The van der Waals surface area contributed by atoms with Crippen molar-refractivity contribution in [2.45, 2.75) is 36.9 Å². The third-order valence-electron chi connectivity index (χ3n) is 3.15. The first-order valence-corrected chi connectivity index (χ1v) is 6.58. The number of hydrogen-bond donors (Lipinski definition) is 1. The standard InChI is InChI=1S/C11H18N2OS/c1-12-10-4-2-3-9(10)5-8-15-11-13-6-7-14-11/h6-7,9-10,12H,2-5,8H2,1H3. The summed E-state index contributed by atoms with van der Waals surface area (Å²) in [6.07, 6.45) is 8.68. The first-order valence-electron chi connectivity index (χ1n) is 5.59. The van der Waals surface area contributed by atoms with Gasteiger partial charge in [0.15, 0.2) is 0 Å². The minimum Gasteiger partial charge on any atom is -0.440 e. The quantitative estimate of drug-likeness (QED) is 0.783. The van der Waals surface area contributed by atoms with Crippen LogP contribution in [0.3, 0.4) is 0 Å². The highest BCUT2D eigenvalue weighted by Gasteiger charge is 2.25. The van der Waals surface area contributed by atoms with E-state index in [9.17, 15) is 0 Å². The Balaban J connectivity index is 1.69. The van der Waals surface area contributed by atoms with E-state index in [0.717, 1.165) is 22.9 Å². The van der Waals surface area contributed by atoms with Gasteiger partial charge in [0.05, 0.1) is 6.20 Å². The summed E-state index contributed by atoms with van der Waals surface area (Å²) in [5.41, 5.74) is 0. The molecule has 2 atom stereocenters. The second-order valence-corrected chi connectivity index (χ2v) is 5.07. The Labute approximate surface area is 95.0 Å². The molecule has 1 heterocycles. The van der Waals surface area contributed by atoms with Gasteiger partial charge in [-0.2, -0.15) is 0 Å². The van der Waals surface area contributed by atoms with Gasteiger partial charge in [0.2, 0.25) is 0 Å². The van der Waals surface area contributed by atoms with Crippen molar-refractivity contribution in [3.63, 3.8) is 0 Å². The average Bonchev–Trinajstić information content (AvgIpc) is 2.88. The summed E-state index contributed by atoms with van der Waals surface area (Å²) in [6.45, 7) is 0. The molecule has 84 valence electrons. The van der Waals surface area contributed by atoms with Crippen LogP contribution in [-0.4, -0.2) is 23.8 Å². The molecule has 1 aliphatic carbocycles. The highest BCUT2D eigenvalue weighted by atomic mass is 32.2. The molecule has 1 aromatic rings. The average molecular weight is 226 g/mol.